The van der Waals surface area contributed by atoms with Gasteiger partial charge >= 0.3 is 6.09 Å². The first kappa shape index (κ1) is 24.2. The third-order valence-electron chi connectivity index (χ3n) is 5.30. The van der Waals surface area contributed by atoms with Gasteiger partial charge in [-0.1, -0.05) is 20.8 Å². The standard InChI is InChI=1S/C21H42N2O4/c1-6-23(14-16-25-5)13-7-8-15-26-20-11-9-19(10-12-20)22(4)21(24)27-17-18(2)3/h18-20H,6-17H2,1-5H3/t19-,20-. The smallest absolute Gasteiger partial charge is 0.409 e. The summed E-state index contributed by atoms with van der Waals surface area (Å²) in [7, 11) is 3.61. The highest BCUT2D eigenvalue weighted by Gasteiger charge is 2.27. The van der Waals surface area contributed by atoms with Crippen molar-refractivity contribution in [2.45, 2.75) is 71.4 Å². The van der Waals surface area contributed by atoms with E-state index in [1.165, 1.54) is 0 Å². The van der Waals surface area contributed by atoms with Crippen molar-refractivity contribution in [1.29, 1.82) is 0 Å². The lowest BCUT2D eigenvalue weighted by Crippen LogP contribution is -2.41. The zero-order chi connectivity index (χ0) is 20.1. The molecule has 0 spiro atoms. The predicted molar refractivity (Wildman–Crippen MR) is 109 cm³/mol. The van der Waals surface area contributed by atoms with Gasteiger partial charge in [0.2, 0.25) is 0 Å². The van der Waals surface area contributed by atoms with Crippen molar-refractivity contribution in [2.24, 2.45) is 5.92 Å². The molecule has 1 amide bonds. The van der Waals surface area contributed by atoms with Gasteiger partial charge in [0, 0.05) is 33.4 Å². The number of likely N-dealkylation sites (N-methyl/N-ethyl adjacent to an activating group) is 1. The van der Waals surface area contributed by atoms with Gasteiger partial charge in [0.15, 0.2) is 0 Å². The molecule has 0 radical (unpaired) electrons. The molecule has 0 bridgehead atoms. The highest BCUT2D eigenvalue weighted by molar-refractivity contribution is 5.67. The molecule has 1 aliphatic carbocycles. The number of carbonyl (C=O) groups excluding carboxylic acids is 1. The number of unbranched alkanes of at least 4 members (excludes halogenated alkanes) is 1. The molecule has 0 aromatic carbocycles. The number of ether oxygens (including phenoxy) is 3. The lowest BCUT2D eigenvalue weighted by atomic mass is 9.92. The van der Waals surface area contributed by atoms with Crippen LogP contribution in [0.2, 0.25) is 0 Å². The maximum absolute atomic E-state index is 12.1. The zero-order valence-corrected chi connectivity index (χ0v) is 18.2. The molecule has 0 saturated heterocycles. The first-order valence-electron chi connectivity index (χ1n) is 10.7. The average Bonchev–Trinajstić information content (AvgIpc) is 2.68. The summed E-state index contributed by atoms with van der Waals surface area (Å²) in [5.74, 6) is 0.371. The fourth-order valence-corrected chi connectivity index (χ4v) is 3.42. The Balaban J connectivity index is 2.12. The Labute approximate surface area is 166 Å². The third kappa shape index (κ3) is 10.3. The largest absolute Gasteiger partial charge is 0.449 e. The van der Waals surface area contributed by atoms with Crippen molar-refractivity contribution in [3.63, 3.8) is 0 Å². The van der Waals surface area contributed by atoms with Gasteiger partial charge in [0.25, 0.3) is 0 Å². The van der Waals surface area contributed by atoms with E-state index in [4.69, 9.17) is 14.2 Å². The number of amides is 1. The maximum atomic E-state index is 12.1. The Hall–Kier alpha value is -0.850. The van der Waals surface area contributed by atoms with Crippen LogP contribution in [-0.4, -0.2) is 81.7 Å². The van der Waals surface area contributed by atoms with Crippen LogP contribution in [0, 0.1) is 5.92 Å². The molecule has 0 N–H and O–H groups in total. The number of hydrogen-bond acceptors (Lipinski definition) is 5. The van der Waals surface area contributed by atoms with Gasteiger partial charge in [-0.05, 0) is 57.5 Å². The minimum atomic E-state index is -0.193. The Kier molecular flexibility index (Phi) is 12.7. The number of rotatable bonds is 13. The van der Waals surface area contributed by atoms with Gasteiger partial charge in [0.05, 0.1) is 19.3 Å². The molecule has 0 atom stereocenters. The molecule has 160 valence electrons. The Morgan fingerprint density at radius 1 is 1.07 bits per heavy atom. The Morgan fingerprint density at radius 2 is 1.78 bits per heavy atom. The molecule has 6 heteroatoms. The van der Waals surface area contributed by atoms with Crippen molar-refractivity contribution in [1.82, 2.24) is 9.80 Å². The quantitative estimate of drug-likeness (QED) is 0.451. The molecule has 6 nitrogen and oxygen atoms in total. The molecule has 0 aromatic rings. The van der Waals surface area contributed by atoms with Gasteiger partial charge in [-0.3, -0.25) is 0 Å². The summed E-state index contributed by atoms with van der Waals surface area (Å²) >= 11 is 0. The van der Waals surface area contributed by atoms with Crippen LogP contribution >= 0.6 is 0 Å². The van der Waals surface area contributed by atoms with Crippen LogP contribution in [0.3, 0.4) is 0 Å². The molecular weight excluding hydrogens is 344 g/mol. The lowest BCUT2D eigenvalue weighted by Gasteiger charge is -2.34. The van der Waals surface area contributed by atoms with E-state index in [0.717, 1.165) is 71.4 Å². The van der Waals surface area contributed by atoms with Crippen molar-refractivity contribution in [3.8, 4) is 0 Å². The minimum Gasteiger partial charge on any atom is -0.449 e. The zero-order valence-electron chi connectivity index (χ0n) is 18.2. The number of carbonyl (C=O) groups is 1. The molecular formula is C21H42N2O4. The van der Waals surface area contributed by atoms with Gasteiger partial charge in [-0.2, -0.15) is 0 Å². The highest BCUT2D eigenvalue weighted by Crippen LogP contribution is 2.25. The van der Waals surface area contributed by atoms with Crippen LogP contribution in [0.4, 0.5) is 4.79 Å². The summed E-state index contributed by atoms with van der Waals surface area (Å²) in [5, 5.41) is 0. The van der Waals surface area contributed by atoms with E-state index in [0.29, 0.717) is 18.6 Å². The Morgan fingerprint density at radius 3 is 2.37 bits per heavy atom. The van der Waals surface area contributed by atoms with E-state index >= 15 is 0 Å². The van der Waals surface area contributed by atoms with Gasteiger partial charge in [0.1, 0.15) is 0 Å². The second kappa shape index (κ2) is 14.2. The second-order valence-electron chi connectivity index (χ2n) is 8.02. The summed E-state index contributed by atoms with van der Waals surface area (Å²) in [5.41, 5.74) is 0. The molecule has 1 aliphatic rings. The normalized spacial score (nSPS) is 20.3. The Bertz CT molecular complexity index is 384. The van der Waals surface area contributed by atoms with Crippen LogP contribution in [0.5, 0.6) is 0 Å². The molecule has 0 unspecified atom stereocenters. The van der Waals surface area contributed by atoms with E-state index < -0.39 is 0 Å². The molecule has 1 fully saturated rings. The second-order valence-corrected chi connectivity index (χ2v) is 8.02. The first-order chi connectivity index (χ1) is 13.0. The molecule has 0 aliphatic heterocycles. The fourth-order valence-electron chi connectivity index (χ4n) is 3.42. The lowest BCUT2D eigenvalue weighted by molar-refractivity contribution is 0.00624. The number of hydrogen-bond donors (Lipinski definition) is 0. The molecule has 1 rings (SSSR count). The summed E-state index contributed by atoms with van der Waals surface area (Å²) in [6.45, 7) is 11.6. The summed E-state index contributed by atoms with van der Waals surface area (Å²) in [6.07, 6.45) is 6.47. The number of nitrogens with zero attached hydrogens (tertiary/aromatic N) is 2. The van der Waals surface area contributed by atoms with Gasteiger partial charge in [-0.25, -0.2) is 4.79 Å². The van der Waals surface area contributed by atoms with Crippen LogP contribution in [0.15, 0.2) is 0 Å². The maximum Gasteiger partial charge on any atom is 0.409 e. The van der Waals surface area contributed by atoms with Crippen LogP contribution in [-0.2, 0) is 14.2 Å². The minimum absolute atomic E-state index is 0.193. The highest BCUT2D eigenvalue weighted by atomic mass is 16.6. The summed E-state index contributed by atoms with van der Waals surface area (Å²) in [6, 6.07) is 0.281. The number of methoxy groups -OCH3 is 1. The summed E-state index contributed by atoms with van der Waals surface area (Å²) < 4.78 is 16.5. The van der Waals surface area contributed by atoms with Crippen molar-refractivity contribution >= 4 is 6.09 Å². The molecule has 0 aromatic heterocycles. The average molecular weight is 387 g/mol. The molecule has 0 heterocycles. The topological polar surface area (TPSA) is 51.2 Å². The SMILES string of the molecule is CCN(CCCCO[C@H]1CC[C@H](N(C)C(=O)OCC(C)C)CC1)CCOC. The first-order valence-corrected chi connectivity index (χ1v) is 10.7. The van der Waals surface area contributed by atoms with Crippen molar-refractivity contribution in [2.75, 3.05) is 53.6 Å². The summed E-state index contributed by atoms with van der Waals surface area (Å²) in [4.78, 5) is 16.3. The third-order valence-corrected chi connectivity index (χ3v) is 5.30. The van der Waals surface area contributed by atoms with Crippen LogP contribution < -0.4 is 0 Å². The monoisotopic (exact) mass is 386 g/mol. The molecule has 27 heavy (non-hydrogen) atoms. The molecule has 1 saturated carbocycles. The van der Waals surface area contributed by atoms with Gasteiger partial charge in [-0.15, -0.1) is 0 Å². The van der Waals surface area contributed by atoms with Crippen molar-refractivity contribution in [3.05, 3.63) is 0 Å². The van der Waals surface area contributed by atoms with Crippen molar-refractivity contribution < 1.29 is 19.0 Å². The van der Waals surface area contributed by atoms with E-state index in [-0.39, 0.29) is 12.1 Å². The van der Waals surface area contributed by atoms with E-state index in [1.54, 1.807) is 12.0 Å². The van der Waals surface area contributed by atoms with Crippen LogP contribution in [0.25, 0.3) is 0 Å². The van der Waals surface area contributed by atoms with E-state index in [1.807, 2.05) is 7.05 Å². The van der Waals surface area contributed by atoms with Crippen LogP contribution in [0.1, 0.15) is 59.3 Å². The fraction of sp³-hybridized carbons (Fsp3) is 0.952. The van der Waals surface area contributed by atoms with E-state index in [2.05, 4.69) is 25.7 Å². The van der Waals surface area contributed by atoms with E-state index in [9.17, 15) is 4.79 Å². The predicted octanol–water partition coefficient (Wildman–Crippen LogP) is 3.79. The van der Waals surface area contributed by atoms with Gasteiger partial charge < -0.3 is 24.0 Å².